The van der Waals surface area contributed by atoms with E-state index >= 15 is 0 Å². The first-order valence-electron chi connectivity index (χ1n) is 10.9. The van der Waals surface area contributed by atoms with Crippen molar-refractivity contribution in [3.63, 3.8) is 0 Å². The second kappa shape index (κ2) is 9.21. The maximum atomic E-state index is 11.7. The van der Waals surface area contributed by atoms with Crippen LogP contribution in [0.15, 0.2) is 83.3 Å². The molecule has 0 saturated heterocycles. The van der Waals surface area contributed by atoms with Crippen LogP contribution in [0.4, 0.5) is 0 Å². The minimum atomic E-state index is -0.927. The lowest BCUT2D eigenvalue weighted by molar-refractivity contribution is -0.132. The van der Waals surface area contributed by atoms with Gasteiger partial charge in [-0.1, -0.05) is 42.0 Å². The number of carbonyl (C=O) groups is 1. The maximum Gasteiger partial charge on any atom is 0.335 e. The van der Waals surface area contributed by atoms with E-state index in [-0.39, 0.29) is 17.9 Å². The Bertz CT molecular complexity index is 1200. The van der Waals surface area contributed by atoms with Gasteiger partial charge in [-0.15, -0.1) is 11.3 Å². The van der Waals surface area contributed by atoms with E-state index in [9.17, 15) is 9.90 Å². The molecule has 170 valence electrons. The van der Waals surface area contributed by atoms with E-state index in [0.717, 1.165) is 17.0 Å². The smallest absolute Gasteiger partial charge is 0.335 e. The molecule has 1 aliphatic carbocycles. The zero-order valence-corrected chi connectivity index (χ0v) is 19.7. The third-order valence-corrected chi connectivity index (χ3v) is 7.60. The number of hydrogen-bond acceptors (Lipinski definition) is 5. The van der Waals surface area contributed by atoms with Crippen molar-refractivity contribution in [1.82, 2.24) is 4.90 Å². The number of nitrogens with zero attached hydrogens (tertiary/aromatic N) is 1. The largest absolute Gasteiger partial charge is 0.492 e. The molecule has 0 fully saturated rings. The average Bonchev–Trinajstić information content (AvgIpc) is 3.25. The van der Waals surface area contributed by atoms with Crippen LogP contribution in [0.5, 0.6) is 0 Å². The van der Waals surface area contributed by atoms with Crippen LogP contribution in [0.2, 0.25) is 0 Å². The van der Waals surface area contributed by atoms with Crippen molar-refractivity contribution in [3.05, 3.63) is 88.2 Å². The Labute approximate surface area is 201 Å². The first-order chi connectivity index (χ1) is 16.0. The summed E-state index contributed by atoms with van der Waals surface area (Å²) in [6.45, 7) is 1.15. The number of rotatable bonds is 7. The lowest BCUT2D eigenvalue weighted by Crippen LogP contribution is -2.43. The fourth-order valence-corrected chi connectivity index (χ4v) is 5.92. The van der Waals surface area contributed by atoms with Crippen LogP contribution < -0.4 is 0 Å². The fraction of sp³-hybridized carbons (Fsp3) is 0.269. The summed E-state index contributed by atoms with van der Waals surface area (Å²) in [6, 6.07) is 10.4. The van der Waals surface area contributed by atoms with Crippen molar-refractivity contribution in [3.8, 4) is 0 Å². The summed E-state index contributed by atoms with van der Waals surface area (Å²) in [7, 11) is 1.67. The monoisotopic (exact) mass is 481 g/mol. The normalized spacial score (nSPS) is 23.8. The molecule has 1 aromatic heterocycles. The number of allylic oxidation sites excluding steroid dienone is 3. The van der Waals surface area contributed by atoms with Crippen LogP contribution in [-0.2, 0) is 14.3 Å². The van der Waals surface area contributed by atoms with E-state index < -0.39 is 5.97 Å². The molecule has 2 aromatic rings. The van der Waals surface area contributed by atoms with Gasteiger partial charge in [0.05, 0.1) is 33.8 Å². The van der Waals surface area contributed by atoms with Crippen LogP contribution in [0.3, 0.4) is 0 Å². The number of ether oxygens (including phenoxy) is 2. The Kier molecular flexibility index (Phi) is 6.15. The SMILES string of the molecule is COCCCOC1=CC2C=C(c3cc4ccccc4s3)N3C=CC(C(=O)O)=CC3C2C=C1Cl. The molecule has 0 radical (unpaired) electrons. The molecule has 1 aromatic carbocycles. The first kappa shape index (κ1) is 22.0. The van der Waals surface area contributed by atoms with Crippen LogP contribution in [-0.4, -0.2) is 42.3 Å². The van der Waals surface area contributed by atoms with E-state index in [1.165, 1.54) is 10.1 Å². The molecule has 2 aliphatic heterocycles. The lowest BCUT2D eigenvalue weighted by atomic mass is 9.76. The molecule has 33 heavy (non-hydrogen) atoms. The van der Waals surface area contributed by atoms with Crippen LogP contribution in [0.25, 0.3) is 15.8 Å². The molecule has 0 spiro atoms. The molecule has 0 saturated carbocycles. The first-order valence-corrected chi connectivity index (χ1v) is 12.1. The highest BCUT2D eigenvalue weighted by molar-refractivity contribution is 7.20. The summed E-state index contributed by atoms with van der Waals surface area (Å²) in [4.78, 5) is 15.0. The van der Waals surface area contributed by atoms with Gasteiger partial charge in [-0.2, -0.15) is 0 Å². The maximum absolute atomic E-state index is 11.7. The Hall–Kier alpha value is -2.80. The van der Waals surface area contributed by atoms with Gasteiger partial charge in [-0.05, 0) is 35.7 Å². The van der Waals surface area contributed by atoms with Gasteiger partial charge in [0, 0.05) is 42.9 Å². The highest BCUT2D eigenvalue weighted by Crippen LogP contribution is 2.46. The van der Waals surface area contributed by atoms with E-state index in [4.69, 9.17) is 21.1 Å². The Balaban J connectivity index is 1.54. The molecular formula is C26H24ClNO4S. The minimum absolute atomic E-state index is 0.00116. The molecular weight excluding hydrogens is 458 g/mol. The lowest BCUT2D eigenvalue weighted by Gasteiger charge is -2.44. The second-order valence-electron chi connectivity index (χ2n) is 8.24. The molecule has 3 heterocycles. The number of halogens is 1. The molecule has 5 nitrogen and oxygen atoms in total. The molecule has 0 amide bonds. The Morgan fingerprint density at radius 3 is 2.82 bits per heavy atom. The van der Waals surface area contributed by atoms with Gasteiger partial charge in [0.25, 0.3) is 0 Å². The van der Waals surface area contributed by atoms with E-state index in [2.05, 4.69) is 35.3 Å². The zero-order chi connectivity index (χ0) is 22.9. The van der Waals surface area contributed by atoms with Gasteiger partial charge in [0.1, 0.15) is 5.76 Å². The summed E-state index contributed by atoms with van der Waals surface area (Å²) in [5.41, 5.74) is 1.36. The van der Waals surface area contributed by atoms with Crippen LogP contribution >= 0.6 is 22.9 Å². The van der Waals surface area contributed by atoms with Crippen LogP contribution in [0, 0.1) is 11.8 Å². The van der Waals surface area contributed by atoms with Gasteiger partial charge < -0.3 is 19.5 Å². The second-order valence-corrected chi connectivity index (χ2v) is 9.73. The van der Waals surface area contributed by atoms with Gasteiger partial charge in [-0.25, -0.2) is 4.79 Å². The van der Waals surface area contributed by atoms with E-state index in [1.807, 2.05) is 30.5 Å². The highest BCUT2D eigenvalue weighted by atomic mass is 35.5. The molecule has 0 bridgehead atoms. The highest BCUT2D eigenvalue weighted by Gasteiger charge is 2.39. The van der Waals surface area contributed by atoms with Crippen molar-refractivity contribution in [2.75, 3.05) is 20.3 Å². The minimum Gasteiger partial charge on any atom is -0.492 e. The van der Waals surface area contributed by atoms with Gasteiger partial charge in [0.15, 0.2) is 0 Å². The fourth-order valence-electron chi connectivity index (χ4n) is 4.56. The summed E-state index contributed by atoms with van der Waals surface area (Å²) in [5.74, 6) is -0.224. The predicted molar refractivity (Wildman–Crippen MR) is 132 cm³/mol. The average molecular weight is 482 g/mol. The molecule has 5 rings (SSSR count). The van der Waals surface area contributed by atoms with Crippen molar-refractivity contribution in [2.24, 2.45) is 11.8 Å². The molecule has 3 unspecified atom stereocenters. The number of carboxylic acids is 1. The molecule has 3 aliphatic rings. The van der Waals surface area contributed by atoms with Crippen molar-refractivity contribution in [2.45, 2.75) is 12.5 Å². The Morgan fingerprint density at radius 1 is 1.18 bits per heavy atom. The summed E-state index contributed by atoms with van der Waals surface area (Å²) < 4.78 is 12.3. The number of methoxy groups -OCH3 is 1. The third kappa shape index (κ3) is 4.26. The summed E-state index contributed by atoms with van der Waals surface area (Å²) in [5, 5.41) is 11.4. The van der Waals surface area contributed by atoms with Gasteiger partial charge in [-0.3, -0.25) is 0 Å². The zero-order valence-electron chi connectivity index (χ0n) is 18.1. The summed E-state index contributed by atoms with van der Waals surface area (Å²) >= 11 is 8.34. The van der Waals surface area contributed by atoms with Crippen molar-refractivity contribution >= 4 is 44.7 Å². The quantitative estimate of drug-likeness (QED) is 0.509. The molecule has 1 N–H and O–H groups in total. The number of aliphatic carboxylic acids is 1. The molecule has 7 heteroatoms. The topological polar surface area (TPSA) is 59.0 Å². The Morgan fingerprint density at radius 2 is 2.03 bits per heavy atom. The number of benzene rings is 1. The number of hydrogen-bond donors (Lipinski definition) is 1. The van der Waals surface area contributed by atoms with E-state index in [0.29, 0.717) is 29.6 Å². The van der Waals surface area contributed by atoms with E-state index in [1.54, 1.807) is 24.5 Å². The van der Waals surface area contributed by atoms with Crippen molar-refractivity contribution in [1.29, 1.82) is 0 Å². The van der Waals surface area contributed by atoms with Crippen molar-refractivity contribution < 1.29 is 19.4 Å². The van der Waals surface area contributed by atoms with Gasteiger partial charge in [0.2, 0.25) is 0 Å². The number of thiophene rings is 1. The molecule has 3 atom stereocenters. The van der Waals surface area contributed by atoms with Gasteiger partial charge >= 0.3 is 5.97 Å². The van der Waals surface area contributed by atoms with Crippen LogP contribution in [0.1, 0.15) is 11.3 Å². The predicted octanol–water partition coefficient (Wildman–Crippen LogP) is 5.77. The number of carboxylic acid groups (broad SMARTS) is 1. The standard InChI is InChI=1S/C26H24ClNO4S/c1-31-9-4-10-32-23-13-18-12-22(25-14-16-5-2-3-6-24(16)33-25)28-8-7-17(26(29)30)11-21(28)19(18)15-20(23)27/h2-3,5-8,11-15,18-19,21H,4,9-10H2,1H3,(H,29,30). The summed E-state index contributed by atoms with van der Waals surface area (Å²) in [6.07, 6.45) is 12.5. The number of fused-ring (bicyclic) bond motifs is 4. The third-order valence-electron chi connectivity index (χ3n) is 6.15.